The van der Waals surface area contributed by atoms with Gasteiger partial charge < -0.3 is 15.3 Å². The number of aliphatic hydroxyl groups excluding tert-OH is 1. The molecule has 4 nitrogen and oxygen atoms in total. The molecule has 6 heteroatoms. The molecule has 1 amide bonds. The summed E-state index contributed by atoms with van der Waals surface area (Å²) < 4.78 is 0. The van der Waals surface area contributed by atoms with Gasteiger partial charge >= 0.3 is 0 Å². The lowest BCUT2D eigenvalue weighted by atomic mass is 10.3. The van der Waals surface area contributed by atoms with E-state index in [0.29, 0.717) is 13.0 Å². The Morgan fingerprint density at radius 2 is 1.88 bits per heavy atom. The molecule has 0 radical (unpaired) electrons. The molecule has 0 aliphatic heterocycles. The van der Waals surface area contributed by atoms with Gasteiger partial charge in [-0.3, -0.25) is 4.79 Å². The van der Waals surface area contributed by atoms with Gasteiger partial charge in [0.2, 0.25) is 5.91 Å². The van der Waals surface area contributed by atoms with Crippen LogP contribution in [0.2, 0.25) is 0 Å². The Morgan fingerprint density at radius 3 is 2.47 bits per heavy atom. The first-order valence-corrected chi connectivity index (χ1v) is 8.57. The molecule has 0 fully saturated rings. The van der Waals surface area contributed by atoms with Crippen molar-refractivity contribution in [1.82, 2.24) is 10.2 Å². The van der Waals surface area contributed by atoms with E-state index < -0.39 is 0 Å². The van der Waals surface area contributed by atoms with Crippen LogP contribution in [0.1, 0.15) is 20.3 Å². The van der Waals surface area contributed by atoms with E-state index in [2.05, 4.69) is 24.1 Å². The van der Waals surface area contributed by atoms with Crippen LogP contribution >= 0.6 is 21.6 Å². The lowest BCUT2D eigenvalue weighted by Gasteiger charge is -2.17. The van der Waals surface area contributed by atoms with Crippen LogP contribution in [-0.2, 0) is 4.79 Å². The van der Waals surface area contributed by atoms with Crippen molar-refractivity contribution in [3.63, 3.8) is 0 Å². The van der Waals surface area contributed by atoms with E-state index in [0.717, 1.165) is 31.1 Å². The molecule has 102 valence electrons. The molecule has 0 aliphatic carbocycles. The van der Waals surface area contributed by atoms with E-state index in [9.17, 15) is 4.79 Å². The van der Waals surface area contributed by atoms with Crippen molar-refractivity contribution in [3.8, 4) is 0 Å². The SMILES string of the molecule is CCN(CC)CCC(=O)NCCSSCCO. The molecule has 0 aromatic rings. The van der Waals surface area contributed by atoms with E-state index >= 15 is 0 Å². The largest absolute Gasteiger partial charge is 0.395 e. The molecular formula is C11H24N2O2S2. The van der Waals surface area contributed by atoms with Gasteiger partial charge in [0.15, 0.2) is 0 Å². The van der Waals surface area contributed by atoms with E-state index in [-0.39, 0.29) is 12.5 Å². The highest BCUT2D eigenvalue weighted by atomic mass is 33.1. The minimum atomic E-state index is 0.129. The second-order valence-corrected chi connectivity index (χ2v) is 6.20. The molecule has 17 heavy (non-hydrogen) atoms. The molecule has 0 saturated heterocycles. The van der Waals surface area contributed by atoms with Crippen molar-refractivity contribution >= 4 is 27.5 Å². The lowest BCUT2D eigenvalue weighted by molar-refractivity contribution is -0.121. The van der Waals surface area contributed by atoms with Crippen LogP contribution in [0, 0.1) is 0 Å². The second kappa shape index (κ2) is 12.5. The molecule has 2 N–H and O–H groups in total. The number of nitrogens with one attached hydrogen (secondary N) is 1. The Labute approximate surface area is 112 Å². The van der Waals surface area contributed by atoms with E-state index in [4.69, 9.17) is 5.11 Å². The Morgan fingerprint density at radius 1 is 1.24 bits per heavy atom. The van der Waals surface area contributed by atoms with E-state index in [1.165, 1.54) is 0 Å². The predicted molar refractivity (Wildman–Crippen MR) is 77.4 cm³/mol. The van der Waals surface area contributed by atoms with Crippen molar-refractivity contribution in [2.75, 3.05) is 44.3 Å². The maximum Gasteiger partial charge on any atom is 0.221 e. The first kappa shape index (κ1) is 17.1. The summed E-state index contributed by atoms with van der Waals surface area (Å²) in [4.78, 5) is 13.7. The van der Waals surface area contributed by atoms with Crippen LogP contribution in [0.3, 0.4) is 0 Å². The summed E-state index contributed by atoms with van der Waals surface area (Å²) in [5, 5.41) is 11.5. The van der Waals surface area contributed by atoms with E-state index in [1.54, 1.807) is 21.6 Å². The summed E-state index contributed by atoms with van der Waals surface area (Å²) in [6.07, 6.45) is 0.579. The highest BCUT2D eigenvalue weighted by Gasteiger charge is 2.04. The topological polar surface area (TPSA) is 52.6 Å². The fourth-order valence-corrected chi connectivity index (χ4v) is 2.95. The predicted octanol–water partition coefficient (Wildman–Crippen LogP) is 1.21. The Kier molecular flexibility index (Phi) is 12.6. The van der Waals surface area contributed by atoms with Crippen LogP contribution in [-0.4, -0.2) is 60.2 Å². The van der Waals surface area contributed by atoms with Crippen LogP contribution in [0.25, 0.3) is 0 Å². The average Bonchev–Trinajstić information content (AvgIpc) is 2.35. The van der Waals surface area contributed by atoms with Gasteiger partial charge in [-0.25, -0.2) is 0 Å². The zero-order chi connectivity index (χ0) is 12.9. The zero-order valence-electron chi connectivity index (χ0n) is 10.8. The Balaban J connectivity index is 3.34. The van der Waals surface area contributed by atoms with Gasteiger partial charge in [0.05, 0.1) is 6.61 Å². The van der Waals surface area contributed by atoms with Crippen LogP contribution in [0.4, 0.5) is 0 Å². The monoisotopic (exact) mass is 280 g/mol. The summed E-state index contributed by atoms with van der Waals surface area (Å²) in [6.45, 7) is 7.97. The van der Waals surface area contributed by atoms with Gasteiger partial charge in [0.1, 0.15) is 0 Å². The molecule has 0 spiro atoms. The van der Waals surface area contributed by atoms with Gasteiger partial charge in [0.25, 0.3) is 0 Å². The van der Waals surface area contributed by atoms with Gasteiger partial charge in [-0.2, -0.15) is 0 Å². The van der Waals surface area contributed by atoms with Crippen molar-refractivity contribution < 1.29 is 9.90 Å². The third-order valence-corrected chi connectivity index (χ3v) is 4.70. The number of rotatable bonds is 11. The number of carbonyl (C=O) groups excluding carboxylic acids is 1. The molecule has 0 aromatic heterocycles. The number of aliphatic hydroxyl groups is 1. The summed E-state index contributed by atoms with van der Waals surface area (Å²) in [5.41, 5.74) is 0. The lowest BCUT2D eigenvalue weighted by Crippen LogP contribution is -2.31. The molecule has 0 heterocycles. The maximum absolute atomic E-state index is 11.5. The first-order chi connectivity index (χ1) is 8.24. The minimum Gasteiger partial charge on any atom is -0.395 e. The molecule has 0 bridgehead atoms. The molecule has 0 atom stereocenters. The van der Waals surface area contributed by atoms with Crippen molar-refractivity contribution in [2.45, 2.75) is 20.3 Å². The summed E-state index contributed by atoms with van der Waals surface area (Å²) in [7, 11) is 3.32. The fraction of sp³-hybridized carbons (Fsp3) is 0.909. The van der Waals surface area contributed by atoms with Crippen molar-refractivity contribution in [3.05, 3.63) is 0 Å². The van der Waals surface area contributed by atoms with Crippen LogP contribution < -0.4 is 5.32 Å². The van der Waals surface area contributed by atoms with E-state index in [1.807, 2.05) is 0 Å². The highest BCUT2D eigenvalue weighted by molar-refractivity contribution is 8.76. The third-order valence-electron chi connectivity index (χ3n) is 2.32. The molecular weight excluding hydrogens is 256 g/mol. The maximum atomic E-state index is 11.5. The fourth-order valence-electron chi connectivity index (χ4n) is 1.28. The Hall–Kier alpha value is 0.0900. The smallest absolute Gasteiger partial charge is 0.221 e. The minimum absolute atomic E-state index is 0.129. The van der Waals surface area contributed by atoms with Gasteiger partial charge in [-0.15, -0.1) is 0 Å². The normalized spacial score (nSPS) is 10.8. The van der Waals surface area contributed by atoms with Crippen molar-refractivity contribution in [1.29, 1.82) is 0 Å². The molecule has 0 rings (SSSR count). The number of hydrogen-bond acceptors (Lipinski definition) is 5. The van der Waals surface area contributed by atoms with Gasteiger partial charge in [0, 0.05) is 31.0 Å². The summed E-state index contributed by atoms with van der Waals surface area (Å²) in [6, 6.07) is 0. The highest BCUT2D eigenvalue weighted by Crippen LogP contribution is 2.19. The van der Waals surface area contributed by atoms with Crippen LogP contribution in [0.15, 0.2) is 0 Å². The quantitative estimate of drug-likeness (QED) is 0.440. The number of carbonyl (C=O) groups is 1. The third kappa shape index (κ3) is 10.9. The van der Waals surface area contributed by atoms with Gasteiger partial charge in [-0.1, -0.05) is 35.4 Å². The van der Waals surface area contributed by atoms with Crippen LogP contribution in [0.5, 0.6) is 0 Å². The molecule has 0 aromatic carbocycles. The first-order valence-electron chi connectivity index (χ1n) is 6.08. The molecule has 0 unspecified atom stereocenters. The molecule has 0 saturated carbocycles. The summed E-state index contributed by atoms with van der Waals surface area (Å²) in [5.74, 6) is 1.77. The standard InChI is InChI=1S/C11H24N2O2S2/c1-3-13(4-2)7-5-11(15)12-6-9-16-17-10-8-14/h14H,3-10H2,1-2H3,(H,12,15). The average molecular weight is 280 g/mol. The summed E-state index contributed by atoms with van der Waals surface area (Å²) >= 11 is 0. The second-order valence-electron chi connectivity index (χ2n) is 3.49. The van der Waals surface area contributed by atoms with Gasteiger partial charge in [-0.05, 0) is 13.1 Å². The zero-order valence-corrected chi connectivity index (χ0v) is 12.4. The number of amides is 1. The molecule has 0 aliphatic rings. The Bertz CT molecular complexity index is 190. The van der Waals surface area contributed by atoms with Crippen molar-refractivity contribution in [2.24, 2.45) is 0 Å². The number of hydrogen-bond donors (Lipinski definition) is 2. The number of nitrogens with zero attached hydrogens (tertiary/aromatic N) is 1.